The van der Waals surface area contributed by atoms with Crippen molar-refractivity contribution in [3.63, 3.8) is 0 Å². The van der Waals surface area contributed by atoms with Crippen LogP contribution in [0.1, 0.15) is 77.2 Å². The molecule has 4 rings (SSSR count). The molecule has 1 heterocycles. The highest BCUT2D eigenvalue weighted by atomic mass is 35.5. The van der Waals surface area contributed by atoms with E-state index in [1.165, 1.54) is 16.7 Å². The quantitative estimate of drug-likeness (QED) is 0.612. The van der Waals surface area contributed by atoms with Crippen molar-refractivity contribution in [2.75, 3.05) is 0 Å². The normalized spacial score (nSPS) is 21.5. The van der Waals surface area contributed by atoms with Gasteiger partial charge in [0.25, 0.3) is 5.91 Å². The van der Waals surface area contributed by atoms with Crippen LogP contribution in [0.5, 0.6) is 0 Å². The number of carboxylic acid groups (broad SMARTS) is 1. The molecule has 2 aromatic rings. The number of aliphatic carboxylic acids is 1. The predicted molar refractivity (Wildman–Crippen MR) is 110 cm³/mol. The van der Waals surface area contributed by atoms with E-state index in [9.17, 15) is 27.9 Å². The molecule has 8 heteroatoms. The molecule has 1 saturated carbocycles. The number of fused-ring (bicyclic) bond motifs is 1. The van der Waals surface area contributed by atoms with Gasteiger partial charge >= 0.3 is 12.1 Å². The molecule has 4 nitrogen and oxygen atoms in total. The van der Waals surface area contributed by atoms with Crippen molar-refractivity contribution in [1.29, 1.82) is 0 Å². The first-order valence-electron chi connectivity index (χ1n) is 10.5. The fourth-order valence-corrected chi connectivity index (χ4v) is 5.30. The SMILES string of the molecule is O=C(O)C1CCC(c2cn(C(=O)c3c(Cl)cccc3C(F)(F)F)c3c2CCCC3)CC1. The molecule has 0 saturated heterocycles. The number of halogens is 4. The molecule has 0 atom stereocenters. The van der Waals surface area contributed by atoms with Gasteiger partial charge in [-0.25, -0.2) is 0 Å². The summed E-state index contributed by atoms with van der Waals surface area (Å²) in [6.07, 6.45) is 2.74. The molecule has 1 N–H and O–H groups in total. The number of hydrogen-bond acceptors (Lipinski definition) is 2. The molecule has 1 fully saturated rings. The first-order chi connectivity index (χ1) is 14.7. The van der Waals surface area contributed by atoms with E-state index in [2.05, 4.69) is 0 Å². The molecular weight excluding hydrogens is 431 g/mol. The van der Waals surface area contributed by atoms with Crippen molar-refractivity contribution in [3.05, 3.63) is 57.4 Å². The number of alkyl halides is 3. The van der Waals surface area contributed by atoms with Crippen molar-refractivity contribution < 1.29 is 27.9 Å². The molecule has 0 bridgehead atoms. The van der Waals surface area contributed by atoms with Crippen molar-refractivity contribution >= 4 is 23.5 Å². The van der Waals surface area contributed by atoms with E-state index in [0.29, 0.717) is 32.1 Å². The Balaban J connectivity index is 1.74. The molecule has 0 amide bonds. The van der Waals surface area contributed by atoms with Crippen LogP contribution in [0, 0.1) is 5.92 Å². The summed E-state index contributed by atoms with van der Waals surface area (Å²) in [7, 11) is 0. The number of rotatable bonds is 3. The summed E-state index contributed by atoms with van der Waals surface area (Å²) in [4.78, 5) is 24.6. The van der Waals surface area contributed by atoms with Gasteiger partial charge in [-0.1, -0.05) is 17.7 Å². The summed E-state index contributed by atoms with van der Waals surface area (Å²) >= 11 is 6.07. The van der Waals surface area contributed by atoms with Crippen LogP contribution in [-0.4, -0.2) is 21.6 Å². The number of nitrogens with zero attached hydrogens (tertiary/aromatic N) is 1. The van der Waals surface area contributed by atoms with E-state index in [-0.39, 0.29) is 16.9 Å². The minimum absolute atomic E-state index is 0.116. The second-order valence-corrected chi connectivity index (χ2v) is 8.85. The molecule has 0 radical (unpaired) electrons. The van der Waals surface area contributed by atoms with Gasteiger partial charge in [0.1, 0.15) is 0 Å². The van der Waals surface area contributed by atoms with Crippen LogP contribution in [0.3, 0.4) is 0 Å². The molecule has 1 aromatic heterocycles. The number of aromatic nitrogens is 1. The van der Waals surface area contributed by atoms with Crippen LogP contribution in [-0.2, 0) is 23.8 Å². The molecular formula is C23H23ClF3NO3. The lowest BCUT2D eigenvalue weighted by Crippen LogP contribution is -2.21. The first kappa shape index (κ1) is 21.9. The van der Waals surface area contributed by atoms with Crippen molar-refractivity contribution in [3.8, 4) is 0 Å². The Labute approximate surface area is 183 Å². The van der Waals surface area contributed by atoms with Gasteiger partial charge in [-0.15, -0.1) is 0 Å². The fourth-order valence-electron chi connectivity index (χ4n) is 5.04. The van der Waals surface area contributed by atoms with Crippen LogP contribution < -0.4 is 0 Å². The molecule has 0 spiro atoms. The predicted octanol–water partition coefficient (Wildman–Crippen LogP) is 6.09. The average molecular weight is 454 g/mol. The van der Waals surface area contributed by atoms with Crippen LogP contribution in [0.15, 0.2) is 24.4 Å². The summed E-state index contributed by atoms with van der Waals surface area (Å²) in [5.74, 6) is -1.79. The molecule has 31 heavy (non-hydrogen) atoms. The van der Waals surface area contributed by atoms with E-state index in [0.717, 1.165) is 42.1 Å². The lowest BCUT2D eigenvalue weighted by atomic mass is 9.77. The third-order valence-corrected chi connectivity index (χ3v) is 6.93. The summed E-state index contributed by atoms with van der Waals surface area (Å²) < 4.78 is 42.1. The standard InChI is InChI=1S/C23H23ClF3NO3/c24-18-6-3-5-17(23(25,26)27)20(18)21(29)28-12-16(15-4-1-2-7-19(15)28)13-8-10-14(11-9-13)22(30)31/h3,5-6,12-14H,1-2,4,7-11H2,(H,30,31). The minimum Gasteiger partial charge on any atom is -0.481 e. The van der Waals surface area contributed by atoms with Gasteiger partial charge in [0.05, 0.1) is 22.1 Å². The van der Waals surface area contributed by atoms with Gasteiger partial charge in [-0.3, -0.25) is 14.2 Å². The molecule has 0 unspecified atom stereocenters. The molecule has 2 aliphatic rings. The van der Waals surface area contributed by atoms with Crippen LogP contribution in [0.25, 0.3) is 0 Å². The van der Waals surface area contributed by atoms with Crippen LogP contribution >= 0.6 is 11.6 Å². The zero-order chi connectivity index (χ0) is 22.3. The van der Waals surface area contributed by atoms with E-state index >= 15 is 0 Å². The lowest BCUT2D eigenvalue weighted by Gasteiger charge is -2.27. The Morgan fingerprint density at radius 1 is 1.06 bits per heavy atom. The van der Waals surface area contributed by atoms with Gasteiger partial charge in [-0.05, 0) is 80.5 Å². The number of hydrogen-bond donors (Lipinski definition) is 1. The highest BCUT2D eigenvalue weighted by molar-refractivity contribution is 6.34. The first-order valence-corrected chi connectivity index (χ1v) is 10.9. The number of carboxylic acids is 1. The van der Waals surface area contributed by atoms with Crippen molar-refractivity contribution in [2.24, 2.45) is 5.92 Å². The van der Waals surface area contributed by atoms with Gasteiger partial charge < -0.3 is 5.11 Å². The maximum absolute atomic E-state index is 13.6. The summed E-state index contributed by atoms with van der Waals surface area (Å²) in [6.45, 7) is 0. The Morgan fingerprint density at radius 2 is 1.74 bits per heavy atom. The molecule has 166 valence electrons. The lowest BCUT2D eigenvalue weighted by molar-refractivity contribution is -0.143. The molecule has 1 aromatic carbocycles. The Morgan fingerprint density at radius 3 is 2.39 bits per heavy atom. The summed E-state index contributed by atoms with van der Waals surface area (Å²) in [5, 5.41) is 9.03. The largest absolute Gasteiger partial charge is 0.481 e. The monoisotopic (exact) mass is 453 g/mol. The van der Waals surface area contributed by atoms with E-state index in [4.69, 9.17) is 11.6 Å². The topological polar surface area (TPSA) is 59.3 Å². The van der Waals surface area contributed by atoms with Gasteiger partial charge in [0.2, 0.25) is 0 Å². The van der Waals surface area contributed by atoms with Crippen molar-refractivity contribution in [2.45, 2.75) is 63.5 Å². The van der Waals surface area contributed by atoms with E-state index in [1.54, 1.807) is 6.20 Å². The van der Waals surface area contributed by atoms with Crippen molar-refractivity contribution in [1.82, 2.24) is 4.57 Å². The van der Waals surface area contributed by atoms with Crippen LogP contribution in [0.2, 0.25) is 5.02 Å². The van der Waals surface area contributed by atoms with E-state index in [1.807, 2.05) is 0 Å². The van der Waals surface area contributed by atoms with Gasteiger partial charge in [-0.2, -0.15) is 13.2 Å². The average Bonchev–Trinajstić information content (AvgIpc) is 3.12. The van der Waals surface area contributed by atoms with Gasteiger partial charge in [0.15, 0.2) is 0 Å². The Hall–Kier alpha value is -2.28. The second-order valence-electron chi connectivity index (χ2n) is 8.44. The smallest absolute Gasteiger partial charge is 0.417 e. The van der Waals surface area contributed by atoms with Gasteiger partial charge in [0, 0.05) is 11.9 Å². The highest BCUT2D eigenvalue weighted by Crippen LogP contribution is 2.42. The molecule has 2 aliphatic carbocycles. The number of carbonyl (C=O) groups excluding carboxylic acids is 1. The highest BCUT2D eigenvalue weighted by Gasteiger charge is 2.38. The third kappa shape index (κ3) is 4.12. The number of benzene rings is 1. The van der Waals surface area contributed by atoms with E-state index < -0.39 is 29.2 Å². The second kappa shape index (κ2) is 8.34. The Kier molecular flexibility index (Phi) is 5.90. The zero-order valence-electron chi connectivity index (χ0n) is 16.8. The summed E-state index contributed by atoms with van der Waals surface area (Å²) in [6, 6.07) is 3.37. The maximum atomic E-state index is 13.6. The molecule has 0 aliphatic heterocycles. The zero-order valence-corrected chi connectivity index (χ0v) is 17.6. The minimum atomic E-state index is -4.69. The van der Waals surface area contributed by atoms with Crippen LogP contribution in [0.4, 0.5) is 13.2 Å². The Bertz CT molecular complexity index is 1020. The number of carbonyl (C=O) groups is 2. The fraction of sp³-hybridized carbons (Fsp3) is 0.478. The third-order valence-electron chi connectivity index (χ3n) is 6.61. The maximum Gasteiger partial charge on any atom is 0.417 e. The summed E-state index contributed by atoms with van der Waals surface area (Å²) in [5.41, 5.74) is 1.22.